The molecule has 20 heavy (non-hydrogen) atoms. The van der Waals surface area contributed by atoms with Gasteiger partial charge in [-0.25, -0.2) is 4.39 Å². The van der Waals surface area contributed by atoms with E-state index >= 15 is 0 Å². The second kappa shape index (κ2) is 5.28. The van der Waals surface area contributed by atoms with Gasteiger partial charge in [0.2, 0.25) is 0 Å². The standard InChI is InChI=1S/C15H14FN3O/c16-11-2-1-3-13(7-11)19-15(20)10-6-14(9-17-8-10)18-12-4-5-12/h1-3,6-9,12,18H,4-5H2,(H,19,20). The van der Waals surface area contributed by atoms with Gasteiger partial charge in [-0.3, -0.25) is 9.78 Å². The molecule has 2 N–H and O–H groups in total. The van der Waals surface area contributed by atoms with Crippen LogP contribution >= 0.6 is 0 Å². The smallest absolute Gasteiger partial charge is 0.257 e. The Kier molecular flexibility index (Phi) is 3.33. The molecule has 102 valence electrons. The second-order valence-corrected chi connectivity index (χ2v) is 4.85. The van der Waals surface area contributed by atoms with E-state index in [2.05, 4.69) is 15.6 Å². The summed E-state index contributed by atoms with van der Waals surface area (Å²) in [5.41, 5.74) is 1.70. The molecule has 0 bridgehead atoms. The van der Waals surface area contributed by atoms with Crippen molar-refractivity contribution in [3.05, 3.63) is 54.1 Å². The molecule has 0 spiro atoms. The van der Waals surface area contributed by atoms with Crippen molar-refractivity contribution in [2.24, 2.45) is 0 Å². The highest BCUT2D eigenvalue weighted by Crippen LogP contribution is 2.24. The van der Waals surface area contributed by atoms with E-state index in [9.17, 15) is 9.18 Å². The number of carbonyl (C=O) groups excluding carboxylic acids is 1. The van der Waals surface area contributed by atoms with Crippen LogP contribution in [-0.2, 0) is 0 Å². The van der Waals surface area contributed by atoms with E-state index in [-0.39, 0.29) is 11.7 Å². The molecule has 1 aromatic carbocycles. The summed E-state index contributed by atoms with van der Waals surface area (Å²) in [6, 6.07) is 8.04. The van der Waals surface area contributed by atoms with Gasteiger partial charge in [0.15, 0.2) is 0 Å². The highest BCUT2D eigenvalue weighted by molar-refractivity contribution is 6.04. The van der Waals surface area contributed by atoms with E-state index in [1.54, 1.807) is 24.4 Å². The molecule has 0 radical (unpaired) electrons. The monoisotopic (exact) mass is 271 g/mol. The minimum absolute atomic E-state index is 0.303. The number of rotatable bonds is 4. The summed E-state index contributed by atoms with van der Waals surface area (Å²) in [5.74, 6) is -0.687. The number of benzene rings is 1. The molecular formula is C15H14FN3O. The van der Waals surface area contributed by atoms with Gasteiger partial charge in [0.05, 0.1) is 11.3 Å². The van der Waals surface area contributed by atoms with Crippen molar-refractivity contribution in [2.45, 2.75) is 18.9 Å². The first-order valence-electron chi connectivity index (χ1n) is 6.49. The highest BCUT2D eigenvalue weighted by Gasteiger charge is 2.21. The number of hydrogen-bond donors (Lipinski definition) is 2. The lowest BCUT2D eigenvalue weighted by molar-refractivity contribution is 0.102. The zero-order chi connectivity index (χ0) is 13.9. The van der Waals surface area contributed by atoms with Crippen LogP contribution < -0.4 is 10.6 Å². The Morgan fingerprint density at radius 1 is 1.20 bits per heavy atom. The van der Waals surface area contributed by atoms with Crippen molar-refractivity contribution < 1.29 is 9.18 Å². The largest absolute Gasteiger partial charge is 0.381 e. The van der Waals surface area contributed by atoms with Gasteiger partial charge in [-0.15, -0.1) is 0 Å². The van der Waals surface area contributed by atoms with Gasteiger partial charge in [-0.2, -0.15) is 0 Å². The van der Waals surface area contributed by atoms with Crippen molar-refractivity contribution in [1.82, 2.24) is 4.98 Å². The van der Waals surface area contributed by atoms with Crippen LogP contribution in [0.5, 0.6) is 0 Å². The zero-order valence-corrected chi connectivity index (χ0v) is 10.8. The van der Waals surface area contributed by atoms with Gasteiger partial charge < -0.3 is 10.6 Å². The van der Waals surface area contributed by atoms with Gasteiger partial charge in [-0.05, 0) is 37.1 Å². The summed E-state index contributed by atoms with van der Waals surface area (Å²) in [6.07, 6.45) is 5.49. The van der Waals surface area contributed by atoms with Crippen LogP contribution in [0.4, 0.5) is 15.8 Å². The fourth-order valence-electron chi connectivity index (χ4n) is 1.88. The molecule has 1 amide bonds. The Morgan fingerprint density at radius 2 is 2.05 bits per heavy atom. The van der Waals surface area contributed by atoms with Crippen LogP contribution in [0.1, 0.15) is 23.2 Å². The third kappa shape index (κ3) is 3.12. The molecule has 3 rings (SSSR count). The van der Waals surface area contributed by atoms with Crippen LogP contribution in [-0.4, -0.2) is 16.9 Å². The Morgan fingerprint density at radius 3 is 2.80 bits per heavy atom. The number of pyridine rings is 1. The summed E-state index contributed by atoms with van der Waals surface area (Å²) in [5, 5.41) is 5.93. The topological polar surface area (TPSA) is 54.0 Å². The summed E-state index contributed by atoms with van der Waals surface area (Å²) < 4.78 is 13.1. The lowest BCUT2D eigenvalue weighted by atomic mass is 10.2. The molecule has 0 aliphatic heterocycles. The van der Waals surface area contributed by atoms with E-state index < -0.39 is 0 Å². The van der Waals surface area contributed by atoms with Crippen LogP contribution in [0.3, 0.4) is 0 Å². The first kappa shape index (κ1) is 12.6. The maximum absolute atomic E-state index is 13.1. The molecule has 1 fully saturated rings. The van der Waals surface area contributed by atoms with Crippen LogP contribution in [0.2, 0.25) is 0 Å². The Bertz CT molecular complexity index is 641. The van der Waals surface area contributed by atoms with Crippen molar-refractivity contribution in [1.29, 1.82) is 0 Å². The van der Waals surface area contributed by atoms with Gasteiger partial charge in [-0.1, -0.05) is 6.07 Å². The first-order valence-corrected chi connectivity index (χ1v) is 6.49. The molecule has 0 unspecified atom stereocenters. The number of nitrogens with zero attached hydrogens (tertiary/aromatic N) is 1. The molecule has 2 aromatic rings. The average molecular weight is 271 g/mol. The minimum atomic E-state index is -0.384. The highest BCUT2D eigenvalue weighted by atomic mass is 19.1. The number of aromatic nitrogens is 1. The lowest BCUT2D eigenvalue weighted by Gasteiger charge is -2.08. The van der Waals surface area contributed by atoms with Crippen molar-refractivity contribution in [2.75, 3.05) is 10.6 Å². The third-order valence-corrected chi connectivity index (χ3v) is 3.03. The predicted octanol–water partition coefficient (Wildman–Crippen LogP) is 3.05. The van der Waals surface area contributed by atoms with E-state index in [1.807, 2.05) is 0 Å². The van der Waals surface area contributed by atoms with Crippen LogP contribution in [0.25, 0.3) is 0 Å². The molecule has 1 aliphatic carbocycles. The maximum Gasteiger partial charge on any atom is 0.257 e. The van der Waals surface area contributed by atoms with Crippen molar-refractivity contribution >= 4 is 17.3 Å². The minimum Gasteiger partial charge on any atom is -0.381 e. The third-order valence-electron chi connectivity index (χ3n) is 3.03. The number of hydrogen-bond acceptors (Lipinski definition) is 3. The molecule has 0 atom stereocenters. The van der Waals surface area contributed by atoms with Crippen molar-refractivity contribution in [3.8, 4) is 0 Å². The van der Waals surface area contributed by atoms with Gasteiger partial charge in [0.25, 0.3) is 5.91 Å². The van der Waals surface area contributed by atoms with Crippen molar-refractivity contribution in [3.63, 3.8) is 0 Å². The second-order valence-electron chi connectivity index (χ2n) is 4.85. The van der Waals surface area contributed by atoms with Crippen LogP contribution in [0.15, 0.2) is 42.7 Å². The van der Waals surface area contributed by atoms with Gasteiger partial charge in [0, 0.05) is 24.1 Å². The van der Waals surface area contributed by atoms with E-state index in [4.69, 9.17) is 0 Å². The molecular weight excluding hydrogens is 257 g/mol. The van der Waals surface area contributed by atoms with Gasteiger partial charge in [0.1, 0.15) is 5.82 Å². The lowest BCUT2D eigenvalue weighted by Crippen LogP contribution is -2.13. The molecule has 1 heterocycles. The van der Waals surface area contributed by atoms with Crippen LogP contribution in [0, 0.1) is 5.82 Å². The number of halogens is 1. The number of anilines is 2. The normalized spacial score (nSPS) is 13.8. The summed E-state index contributed by atoms with van der Waals surface area (Å²) >= 11 is 0. The molecule has 1 aliphatic rings. The summed E-state index contributed by atoms with van der Waals surface area (Å²) in [6.45, 7) is 0. The Hall–Kier alpha value is -2.43. The number of nitrogens with one attached hydrogen (secondary N) is 2. The Labute approximate surface area is 116 Å². The number of carbonyl (C=O) groups is 1. The summed E-state index contributed by atoms with van der Waals surface area (Å²) in [4.78, 5) is 16.1. The average Bonchev–Trinajstić information content (AvgIpc) is 3.23. The Balaban J connectivity index is 1.72. The molecule has 5 heteroatoms. The maximum atomic E-state index is 13.1. The molecule has 4 nitrogen and oxygen atoms in total. The van der Waals surface area contributed by atoms with E-state index in [0.29, 0.717) is 17.3 Å². The molecule has 1 saturated carbocycles. The molecule has 0 saturated heterocycles. The zero-order valence-electron chi connectivity index (χ0n) is 10.8. The van der Waals surface area contributed by atoms with Gasteiger partial charge >= 0.3 is 0 Å². The summed E-state index contributed by atoms with van der Waals surface area (Å²) in [7, 11) is 0. The van der Waals surface area contributed by atoms with E-state index in [0.717, 1.165) is 18.5 Å². The first-order chi connectivity index (χ1) is 9.70. The fraction of sp³-hybridized carbons (Fsp3) is 0.200. The molecule has 1 aromatic heterocycles. The quantitative estimate of drug-likeness (QED) is 0.898. The van der Waals surface area contributed by atoms with E-state index in [1.165, 1.54) is 18.3 Å². The SMILES string of the molecule is O=C(Nc1cccc(F)c1)c1cncc(NC2CC2)c1. The number of amides is 1. The predicted molar refractivity (Wildman–Crippen MR) is 75.2 cm³/mol. The fourth-order valence-corrected chi connectivity index (χ4v) is 1.88.